The molecule has 2 amide bonds. The summed E-state index contributed by atoms with van der Waals surface area (Å²) in [6.07, 6.45) is 1.49. The van der Waals surface area contributed by atoms with Crippen LogP contribution in [0.4, 0.5) is 5.69 Å². The average molecular weight is 376 g/mol. The second-order valence-electron chi connectivity index (χ2n) is 7.12. The number of amides is 2. The maximum Gasteiger partial charge on any atom is 0.254 e. The predicted molar refractivity (Wildman–Crippen MR) is 109 cm³/mol. The summed E-state index contributed by atoms with van der Waals surface area (Å²) in [5, 5.41) is 0. The molecule has 0 radical (unpaired) electrons. The van der Waals surface area contributed by atoms with Gasteiger partial charge in [0.2, 0.25) is 5.91 Å². The molecule has 6 heteroatoms. The molecule has 1 aromatic heterocycles. The first-order chi connectivity index (χ1) is 13.6. The van der Waals surface area contributed by atoms with E-state index in [4.69, 9.17) is 4.98 Å². The van der Waals surface area contributed by atoms with E-state index in [-0.39, 0.29) is 11.8 Å². The summed E-state index contributed by atoms with van der Waals surface area (Å²) in [4.78, 5) is 32.9. The van der Waals surface area contributed by atoms with Crippen molar-refractivity contribution in [2.45, 2.75) is 32.9 Å². The van der Waals surface area contributed by atoms with Crippen molar-refractivity contribution >= 4 is 28.5 Å². The Labute approximate surface area is 164 Å². The number of aryl methyl sites for hydroxylation is 1. The van der Waals surface area contributed by atoms with Crippen molar-refractivity contribution in [3.05, 3.63) is 59.9 Å². The van der Waals surface area contributed by atoms with E-state index in [0.717, 1.165) is 42.1 Å². The molecule has 6 nitrogen and oxygen atoms in total. The molecule has 0 aliphatic carbocycles. The largest absolute Gasteiger partial charge is 0.334 e. The van der Waals surface area contributed by atoms with Crippen molar-refractivity contribution in [2.75, 3.05) is 18.5 Å². The lowest BCUT2D eigenvalue weighted by Gasteiger charge is -2.19. The summed E-state index contributed by atoms with van der Waals surface area (Å²) >= 11 is 0. The zero-order valence-electron chi connectivity index (χ0n) is 16.3. The van der Waals surface area contributed by atoms with E-state index < -0.39 is 0 Å². The van der Waals surface area contributed by atoms with Crippen LogP contribution in [0, 0.1) is 0 Å². The van der Waals surface area contributed by atoms with Crippen LogP contribution in [0.15, 0.2) is 48.5 Å². The van der Waals surface area contributed by atoms with Gasteiger partial charge < -0.3 is 14.4 Å². The molecule has 0 atom stereocenters. The van der Waals surface area contributed by atoms with E-state index in [1.807, 2.05) is 30.3 Å². The van der Waals surface area contributed by atoms with Crippen LogP contribution in [0.5, 0.6) is 0 Å². The maximum atomic E-state index is 12.9. The van der Waals surface area contributed by atoms with Gasteiger partial charge in [-0.1, -0.05) is 12.1 Å². The summed E-state index contributed by atoms with van der Waals surface area (Å²) in [7, 11) is 1.79. The summed E-state index contributed by atoms with van der Waals surface area (Å²) in [6, 6.07) is 15.3. The van der Waals surface area contributed by atoms with Crippen molar-refractivity contribution in [1.29, 1.82) is 0 Å². The number of hydrogen-bond donors (Lipinski definition) is 0. The lowest BCUT2D eigenvalue weighted by atomic mass is 10.1. The van der Waals surface area contributed by atoms with Gasteiger partial charge in [-0.2, -0.15) is 0 Å². The quantitative estimate of drug-likeness (QED) is 0.685. The van der Waals surface area contributed by atoms with Gasteiger partial charge in [-0.15, -0.1) is 0 Å². The van der Waals surface area contributed by atoms with Gasteiger partial charge in [-0.3, -0.25) is 9.59 Å². The SMILES string of the molecule is CCn1c(CN(C)C(=O)c2ccc(N3CCCC3=O)cc2)nc2ccccc21. The minimum absolute atomic E-state index is 0.0611. The molecule has 2 aromatic carbocycles. The second-order valence-corrected chi connectivity index (χ2v) is 7.12. The number of carbonyl (C=O) groups excluding carboxylic acids is 2. The number of anilines is 1. The third-order valence-corrected chi connectivity index (χ3v) is 5.27. The number of para-hydroxylation sites is 2. The third-order valence-electron chi connectivity index (χ3n) is 5.27. The van der Waals surface area contributed by atoms with E-state index in [1.54, 1.807) is 29.0 Å². The van der Waals surface area contributed by atoms with Gasteiger partial charge in [0.25, 0.3) is 5.91 Å². The monoisotopic (exact) mass is 376 g/mol. The van der Waals surface area contributed by atoms with Crippen LogP contribution >= 0.6 is 0 Å². The number of benzene rings is 2. The highest BCUT2D eigenvalue weighted by atomic mass is 16.2. The topological polar surface area (TPSA) is 58.4 Å². The van der Waals surface area contributed by atoms with Crippen LogP contribution in [0.1, 0.15) is 35.9 Å². The van der Waals surface area contributed by atoms with Crippen LogP contribution in [0.2, 0.25) is 0 Å². The third kappa shape index (κ3) is 3.26. The molecule has 144 valence electrons. The number of rotatable bonds is 5. The van der Waals surface area contributed by atoms with Crippen LogP contribution < -0.4 is 4.90 Å². The molecule has 28 heavy (non-hydrogen) atoms. The van der Waals surface area contributed by atoms with E-state index in [1.165, 1.54) is 0 Å². The highest BCUT2D eigenvalue weighted by Crippen LogP contribution is 2.22. The Hall–Kier alpha value is -3.15. The van der Waals surface area contributed by atoms with E-state index in [0.29, 0.717) is 18.5 Å². The lowest BCUT2D eigenvalue weighted by Crippen LogP contribution is -2.28. The molecule has 1 fully saturated rings. The highest BCUT2D eigenvalue weighted by molar-refractivity contribution is 5.97. The molecular formula is C22H24N4O2. The Balaban J connectivity index is 1.51. The van der Waals surface area contributed by atoms with E-state index in [9.17, 15) is 9.59 Å². The van der Waals surface area contributed by atoms with Gasteiger partial charge in [0.1, 0.15) is 5.82 Å². The summed E-state index contributed by atoms with van der Waals surface area (Å²) < 4.78 is 2.14. The standard InChI is InChI=1S/C22H24N4O2/c1-3-25-19-8-5-4-7-18(19)23-20(25)15-24(2)22(28)16-10-12-17(13-11-16)26-14-6-9-21(26)27/h4-5,7-8,10-13H,3,6,9,14-15H2,1-2H3. The van der Waals surface area contributed by atoms with Crippen molar-refractivity contribution in [1.82, 2.24) is 14.5 Å². The minimum Gasteiger partial charge on any atom is -0.334 e. The van der Waals surface area contributed by atoms with Crippen molar-refractivity contribution in [3.8, 4) is 0 Å². The zero-order chi connectivity index (χ0) is 19.7. The zero-order valence-corrected chi connectivity index (χ0v) is 16.3. The first-order valence-electron chi connectivity index (χ1n) is 9.68. The van der Waals surface area contributed by atoms with Gasteiger partial charge >= 0.3 is 0 Å². The molecule has 3 aromatic rings. The summed E-state index contributed by atoms with van der Waals surface area (Å²) in [6.45, 7) is 4.07. The molecule has 0 N–H and O–H groups in total. The summed E-state index contributed by atoms with van der Waals surface area (Å²) in [5.74, 6) is 0.961. The Morgan fingerprint density at radius 2 is 1.89 bits per heavy atom. The van der Waals surface area contributed by atoms with Crippen molar-refractivity contribution in [3.63, 3.8) is 0 Å². The van der Waals surface area contributed by atoms with E-state index >= 15 is 0 Å². The maximum absolute atomic E-state index is 12.9. The molecule has 1 aliphatic rings. The van der Waals surface area contributed by atoms with Crippen LogP contribution in [0.25, 0.3) is 11.0 Å². The van der Waals surface area contributed by atoms with Gasteiger partial charge in [0, 0.05) is 37.8 Å². The van der Waals surface area contributed by atoms with Crippen LogP contribution in [-0.2, 0) is 17.9 Å². The molecule has 1 aliphatic heterocycles. The molecule has 1 saturated heterocycles. The highest BCUT2D eigenvalue weighted by Gasteiger charge is 2.22. The lowest BCUT2D eigenvalue weighted by molar-refractivity contribution is -0.117. The predicted octanol–water partition coefficient (Wildman–Crippen LogP) is 3.46. The number of imidazole rings is 1. The van der Waals surface area contributed by atoms with Crippen molar-refractivity contribution < 1.29 is 9.59 Å². The number of aromatic nitrogens is 2. The number of fused-ring (bicyclic) bond motifs is 1. The smallest absolute Gasteiger partial charge is 0.254 e. The first-order valence-corrected chi connectivity index (χ1v) is 9.68. The Morgan fingerprint density at radius 3 is 2.57 bits per heavy atom. The van der Waals surface area contributed by atoms with Gasteiger partial charge in [0.15, 0.2) is 0 Å². The molecule has 0 unspecified atom stereocenters. The Kier molecular flexibility index (Phi) is 4.86. The van der Waals surface area contributed by atoms with Gasteiger partial charge in [-0.25, -0.2) is 4.98 Å². The molecular weight excluding hydrogens is 352 g/mol. The van der Waals surface area contributed by atoms with Gasteiger partial charge in [-0.05, 0) is 49.7 Å². The van der Waals surface area contributed by atoms with Gasteiger partial charge in [0.05, 0.1) is 17.6 Å². The fourth-order valence-electron chi connectivity index (χ4n) is 3.81. The number of nitrogens with zero attached hydrogens (tertiary/aromatic N) is 4. The molecule has 0 spiro atoms. The Morgan fingerprint density at radius 1 is 1.14 bits per heavy atom. The summed E-state index contributed by atoms with van der Waals surface area (Å²) in [5.41, 5.74) is 3.49. The molecule has 2 heterocycles. The molecule has 0 bridgehead atoms. The van der Waals surface area contributed by atoms with Crippen molar-refractivity contribution in [2.24, 2.45) is 0 Å². The normalized spacial score (nSPS) is 14.1. The molecule has 0 saturated carbocycles. The number of carbonyl (C=O) groups is 2. The van der Waals surface area contributed by atoms with Crippen LogP contribution in [-0.4, -0.2) is 39.9 Å². The van der Waals surface area contributed by atoms with Crippen LogP contribution in [0.3, 0.4) is 0 Å². The first kappa shape index (κ1) is 18.2. The average Bonchev–Trinajstić information content (AvgIpc) is 3.30. The second kappa shape index (κ2) is 7.46. The molecule has 4 rings (SSSR count). The van der Waals surface area contributed by atoms with E-state index in [2.05, 4.69) is 17.6 Å². The minimum atomic E-state index is -0.0611. The Bertz CT molecular complexity index is 1020. The fourth-order valence-corrected chi connectivity index (χ4v) is 3.81. The number of hydrogen-bond acceptors (Lipinski definition) is 3. The fraction of sp³-hybridized carbons (Fsp3) is 0.318.